The molecule has 7 heteroatoms. The first-order valence-corrected chi connectivity index (χ1v) is 9.59. The Morgan fingerprint density at radius 3 is 2.69 bits per heavy atom. The van der Waals surface area contributed by atoms with Crippen LogP contribution >= 0.6 is 15.9 Å². The van der Waals surface area contributed by atoms with Crippen molar-refractivity contribution in [3.05, 3.63) is 62.0 Å². The van der Waals surface area contributed by atoms with Crippen LogP contribution in [0.4, 0.5) is 0 Å². The Hall–Kier alpha value is -2.28. The lowest BCUT2D eigenvalue weighted by Crippen LogP contribution is -2.57. The van der Waals surface area contributed by atoms with Crippen LogP contribution in [0.1, 0.15) is 35.1 Å². The molecule has 0 fully saturated rings. The lowest BCUT2D eigenvalue weighted by molar-refractivity contribution is 0.0686. The van der Waals surface area contributed by atoms with E-state index < -0.39 is 0 Å². The normalized spacial score (nSPS) is 15.8. The second-order valence-electron chi connectivity index (χ2n) is 6.49. The van der Waals surface area contributed by atoms with Crippen LogP contribution < -0.4 is 15.2 Å². The molecule has 2 aliphatic rings. The van der Waals surface area contributed by atoms with Gasteiger partial charge in [0.15, 0.2) is 11.4 Å². The van der Waals surface area contributed by atoms with E-state index in [1.54, 1.807) is 4.90 Å². The van der Waals surface area contributed by atoms with E-state index in [1.807, 2.05) is 41.9 Å². The number of benzene rings is 1. The van der Waals surface area contributed by atoms with Gasteiger partial charge < -0.3 is 9.64 Å². The summed E-state index contributed by atoms with van der Waals surface area (Å²) >= 11 is 3.45. The molecule has 2 aromatic rings. The van der Waals surface area contributed by atoms with Crippen molar-refractivity contribution in [3.63, 3.8) is 0 Å². The van der Waals surface area contributed by atoms with Crippen LogP contribution in [0.25, 0.3) is 0 Å². The Balaban J connectivity index is 1.84. The number of rotatable bonds is 4. The Bertz CT molecular complexity index is 910. The number of hydrogen-bond donors (Lipinski definition) is 0. The number of pyridine rings is 1. The maximum absolute atomic E-state index is 13.0. The minimum atomic E-state index is -0.254. The van der Waals surface area contributed by atoms with E-state index in [-0.39, 0.29) is 23.7 Å². The summed E-state index contributed by atoms with van der Waals surface area (Å²) in [6.07, 6.45) is 1.71. The summed E-state index contributed by atoms with van der Waals surface area (Å²) < 4.78 is 8.28. The predicted molar refractivity (Wildman–Crippen MR) is 102 cm³/mol. The molecule has 0 radical (unpaired) electrons. The molecule has 3 heterocycles. The maximum atomic E-state index is 13.0. The smallest absolute Gasteiger partial charge is 0.277 e. The highest BCUT2D eigenvalue weighted by molar-refractivity contribution is 9.10. The van der Waals surface area contributed by atoms with Gasteiger partial charge in [0, 0.05) is 13.1 Å². The fourth-order valence-corrected chi connectivity index (χ4v) is 4.11. The third kappa shape index (κ3) is 2.70. The van der Waals surface area contributed by atoms with Gasteiger partial charge in [0.1, 0.15) is 13.3 Å². The summed E-state index contributed by atoms with van der Waals surface area (Å²) in [4.78, 5) is 27.7. The SMILES string of the molecule is CCN1CN2CCCc3c(Br)c(=O)c(OCc4ccccc4)c(n32)C1=O. The molecular formula is C19H20BrN3O3. The molecule has 0 N–H and O–H groups in total. The van der Waals surface area contributed by atoms with Crippen LogP contribution in [0, 0.1) is 0 Å². The minimum Gasteiger partial charge on any atom is -0.482 e. The van der Waals surface area contributed by atoms with Crippen molar-refractivity contribution < 1.29 is 9.53 Å². The number of hydrogen-bond acceptors (Lipinski definition) is 4. The van der Waals surface area contributed by atoms with Gasteiger partial charge in [0.25, 0.3) is 5.91 Å². The molecule has 4 rings (SSSR count). The highest BCUT2D eigenvalue weighted by Crippen LogP contribution is 2.30. The minimum absolute atomic E-state index is 0.125. The van der Waals surface area contributed by atoms with Gasteiger partial charge in [-0.3, -0.25) is 14.6 Å². The van der Waals surface area contributed by atoms with Crippen LogP contribution in [-0.4, -0.2) is 35.2 Å². The molecule has 0 bridgehead atoms. The van der Waals surface area contributed by atoms with Crippen molar-refractivity contribution in [2.24, 2.45) is 0 Å². The molecule has 1 aromatic heterocycles. The molecule has 1 aromatic carbocycles. The number of carbonyl (C=O) groups is 1. The Morgan fingerprint density at radius 2 is 1.96 bits per heavy atom. The van der Waals surface area contributed by atoms with Gasteiger partial charge in [0.2, 0.25) is 5.43 Å². The molecule has 136 valence electrons. The summed E-state index contributed by atoms with van der Waals surface area (Å²) in [5.41, 5.74) is 1.89. The molecule has 0 unspecified atom stereocenters. The van der Waals surface area contributed by atoms with Crippen LogP contribution in [0.3, 0.4) is 0 Å². The average Bonchev–Trinajstić information content (AvgIpc) is 2.68. The molecule has 6 nitrogen and oxygen atoms in total. The first-order valence-electron chi connectivity index (χ1n) is 8.80. The zero-order valence-corrected chi connectivity index (χ0v) is 16.2. The summed E-state index contributed by atoms with van der Waals surface area (Å²) in [6, 6.07) is 9.64. The second-order valence-corrected chi connectivity index (χ2v) is 7.28. The predicted octanol–water partition coefficient (Wildman–Crippen LogP) is 2.51. The summed E-state index contributed by atoms with van der Waals surface area (Å²) in [5, 5.41) is 2.11. The average molecular weight is 418 g/mol. The Morgan fingerprint density at radius 1 is 1.19 bits per heavy atom. The fraction of sp³-hybridized carbons (Fsp3) is 0.368. The van der Waals surface area contributed by atoms with Gasteiger partial charge in [-0.2, -0.15) is 0 Å². The van der Waals surface area contributed by atoms with Crippen molar-refractivity contribution in [1.82, 2.24) is 9.58 Å². The zero-order valence-electron chi connectivity index (χ0n) is 14.6. The van der Waals surface area contributed by atoms with Crippen molar-refractivity contribution in [3.8, 4) is 5.75 Å². The number of halogens is 1. The molecule has 0 saturated carbocycles. The second kappa shape index (κ2) is 6.79. The molecule has 1 amide bonds. The van der Waals surface area contributed by atoms with Gasteiger partial charge in [-0.1, -0.05) is 30.3 Å². The molecule has 26 heavy (non-hydrogen) atoms. The lowest BCUT2D eigenvalue weighted by Gasteiger charge is -2.43. The quantitative estimate of drug-likeness (QED) is 0.766. The number of aromatic nitrogens is 1. The molecule has 2 aliphatic heterocycles. The van der Waals surface area contributed by atoms with E-state index in [0.29, 0.717) is 23.4 Å². The highest BCUT2D eigenvalue weighted by Gasteiger charge is 2.37. The van der Waals surface area contributed by atoms with Gasteiger partial charge >= 0.3 is 0 Å². The third-order valence-electron chi connectivity index (χ3n) is 4.89. The molecule has 0 saturated heterocycles. The summed E-state index contributed by atoms with van der Waals surface area (Å²) in [5.74, 6) is -0.0286. The molecule has 0 spiro atoms. The van der Waals surface area contributed by atoms with Gasteiger partial charge in [-0.15, -0.1) is 0 Å². The third-order valence-corrected chi connectivity index (χ3v) is 5.70. The Labute approximate surface area is 160 Å². The van der Waals surface area contributed by atoms with E-state index in [2.05, 4.69) is 20.9 Å². The van der Waals surface area contributed by atoms with E-state index in [1.165, 1.54) is 0 Å². The molecular weight excluding hydrogens is 398 g/mol. The van der Waals surface area contributed by atoms with Crippen LogP contribution in [0.5, 0.6) is 5.75 Å². The van der Waals surface area contributed by atoms with Gasteiger partial charge in [-0.25, -0.2) is 4.68 Å². The standard InChI is InChI=1S/C19H20BrN3O3/c1-2-21-12-22-10-6-9-14-15(20)17(24)18(16(19(21)25)23(14)22)26-11-13-7-4-3-5-8-13/h3-5,7-8H,2,6,9-12H2,1H3. The van der Waals surface area contributed by atoms with Crippen molar-refractivity contribution in [2.45, 2.75) is 26.4 Å². The van der Waals surface area contributed by atoms with E-state index >= 15 is 0 Å². The maximum Gasteiger partial charge on any atom is 0.277 e. The van der Waals surface area contributed by atoms with E-state index in [0.717, 1.165) is 30.6 Å². The number of carbonyl (C=O) groups excluding carboxylic acids is 1. The molecule has 0 atom stereocenters. The number of amides is 1. The highest BCUT2D eigenvalue weighted by atomic mass is 79.9. The first kappa shape index (κ1) is 17.1. The van der Waals surface area contributed by atoms with Crippen molar-refractivity contribution in [1.29, 1.82) is 0 Å². The van der Waals surface area contributed by atoms with Gasteiger partial charge in [0.05, 0.1) is 10.2 Å². The first-order chi connectivity index (χ1) is 12.6. The van der Waals surface area contributed by atoms with Crippen LogP contribution in [-0.2, 0) is 13.0 Å². The number of nitrogens with zero attached hydrogens (tertiary/aromatic N) is 3. The summed E-state index contributed by atoms with van der Waals surface area (Å²) in [7, 11) is 0. The van der Waals surface area contributed by atoms with Crippen LogP contribution in [0.2, 0.25) is 0 Å². The fourth-order valence-electron chi connectivity index (χ4n) is 3.56. The van der Waals surface area contributed by atoms with Crippen molar-refractivity contribution in [2.75, 3.05) is 24.8 Å². The van der Waals surface area contributed by atoms with Gasteiger partial charge in [-0.05, 0) is 41.3 Å². The zero-order chi connectivity index (χ0) is 18.3. The van der Waals surface area contributed by atoms with Crippen LogP contribution in [0.15, 0.2) is 39.6 Å². The number of ether oxygens (including phenoxy) is 1. The molecule has 0 aliphatic carbocycles. The largest absolute Gasteiger partial charge is 0.482 e. The van der Waals surface area contributed by atoms with Crippen molar-refractivity contribution >= 4 is 21.8 Å². The lowest BCUT2D eigenvalue weighted by atomic mass is 10.1. The Kier molecular flexibility index (Phi) is 4.48. The van der Waals surface area contributed by atoms with E-state index in [4.69, 9.17) is 4.74 Å². The monoisotopic (exact) mass is 417 g/mol. The van der Waals surface area contributed by atoms with E-state index in [9.17, 15) is 9.59 Å². The summed E-state index contributed by atoms with van der Waals surface area (Å²) in [6.45, 7) is 4.15. The topological polar surface area (TPSA) is 54.8 Å².